The third-order valence-corrected chi connectivity index (χ3v) is 5.25. The standard InChI is InChI=1S/C18H22N4O/c1-12(2)22(11-15-10-13-3-4-14(15)9-13)18(23)16-17-20-6-8-21(17)7-5-19-16/h3-8,12-15H,9-11H2,1-2H3/t13-,14+,15-/m0/s1. The van der Waals surface area contributed by atoms with E-state index < -0.39 is 0 Å². The van der Waals surface area contributed by atoms with Crippen molar-refractivity contribution in [3.8, 4) is 0 Å². The number of rotatable bonds is 4. The van der Waals surface area contributed by atoms with Crippen molar-refractivity contribution in [2.24, 2.45) is 17.8 Å². The first kappa shape index (κ1) is 14.4. The Balaban J connectivity index is 1.61. The molecule has 1 saturated carbocycles. The normalized spacial score (nSPS) is 25.6. The second-order valence-electron chi connectivity index (χ2n) is 7.03. The molecule has 2 bridgehead atoms. The number of nitrogens with zero attached hydrogens (tertiary/aromatic N) is 4. The Morgan fingerprint density at radius 1 is 1.26 bits per heavy atom. The van der Waals surface area contributed by atoms with Crippen LogP contribution in [0.2, 0.25) is 0 Å². The van der Waals surface area contributed by atoms with Crippen LogP contribution in [0.5, 0.6) is 0 Å². The molecule has 3 atom stereocenters. The summed E-state index contributed by atoms with van der Waals surface area (Å²) in [5.74, 6) is 1.94. The van der Waals surface area contributed by atoms with E-state index in [-0.39, 0.29) is 11.9 Å². The molecule has 1 fully saturated rings. The summed E-state index contributed by atoms with van der Waals surface area (Å²) in [5, 5.41) is 0. The van der Waals surface area contributed by atoms with Gasteiger partial charge in [0.2, 0.25) is 0 Å². The molecule has 0 spiro atoms. The van der Waals surface area contributed by atoms with E-state index in [1.165, 1.54) is 12.8 Å². The number of aromatic nitrogens is 3. The lowest BCUT2D eigenvalue weighted by atomic mass is 9.92. The zero-order chi connectivity index (χ0) is 16.0. The Hall–Kier alpha value is -2.17. The zero-order valence-electron chi connectivity index (χ0n) is 13.6. The van der Waals surface area contributed by atoms with Crippen LogP contribution >= 0.6 is 0 Å². The Morgan fingerprint density at radius 2 is 2.04 bits per heavy atom. The molecule has 2 heterocycles. The summed E-state index contributed by atoms with van der Waals surface area (Å²) < 4.78 is 1.85. The molecule has 0 saturated heterocycles. The minimum Gasteiger partial charge on any atom is -0.334 e. The smallest absolute Gasteiger partial charge is 0.276 e. The molecule has 2 aromatic heterocycles. The molecule has 1 amide bonds. The van der Waals surface area contributed by atoms with Gasteiger partial charge in [0, 0.05) is 37.4 Å². The van der Waals surface area contributed by atoms with Gasteiger partial charge >= 0.3 is 0 Å². The summed E-state index contributed by atoms with van der Waals surface area (Å²) >= 11 is 0. The second kappa shape index (κ2) is 5.48. The largest absolute Gasteiger partial charge is 0.334 e. The van der Waals surface area contributed by atoms with Gasteiger partial charge in [-0.05, 0) is 44.4 Å². The van der Waals surface area contributed by atoms with Crippen LogP contribution < -0.4 is 0 Å². The Labute approximate surface area is 136 Å². The first-order chi connectivity index (χ1) is 11.1. The van der Waals surface area contributed by atoms with Crippen LogP contribution in [0, 0.1) is 17.8 Å². The van der Waals surface area contributed by atoms with Gasteiger partial charge in [0.05, 0.1) is 0 Å². The van der Waals surface area contributed by atoms with E-state index in [2.05, 4.69) is 36.0 Å². The van der Waals surface area contributed by atoms with Gasteiger partial charge in [-0.2, -0.15) is 0 Å². The number of hydrogen-bond acceptors (Lipinski definition) is 3. The molecule has 0 radical (unpaired) electrons. The molecule has 0 aromatic carbocycles. The van der Waals surface area contributed by atoms with Gasteiger partial charge in [-0.3, -0.25) is 4.79 Å². The molecule has 120 valence electrons. The molecule has 2 aliphatic carbocycles. The summed E-state index contributed by atoms with van der Waals surface area (Å²) in [6.07, 6.45) is 14.2. The molecule has 2 aromatic rings. The number of allylic oxidation sites excluding steroid dienone is 2. The molecule has 4 rings (SSSR count). The number of hydrogen-bond donors (Lipinski definition) is 0. The SMILES string of the molecule is CC(C)N(C[C@@H]1C[C@H]2C=C[C@@H]1C2)C(=O)c1nccn2ccnc12. The number of amides is 1. The second-order valence-corrected chi connectivity index (χ2v) is 7.03. The maximum absolute atomic E-state index is 13.1. The van der Waals surface area contributed by atoms with Crippen molar-refractivity contribution in [1.29, 1.82) is 0 Å². The molecule has 0 N–H and O–H groups in total. The van der Waals surface area contributed by atoms with Gasteiger partial charge in [0.25, 0.3) is 5.91 Å². The number of fused-ring (bicyclic) bond motifs is 3. The van der Waals surface area contributed by atoms with Crippen LogP contribution in [0.3, 0.4) is 0 Å². The van der Waals surface area contributed by atoms with E-state index in [4.69, 9.17) is 0 Å². The van der Waals surface area contributed by atoms with Crippen molar-refractivity contribution in [2.45, 2.75) is 32.7 Å². The molecule has 23 heavy (non-hydrogen) atoms. The quantitative estimate of drug-likeness (QED) is 0.816. The van der Waals surface area contributed by atoms with E-state index in [0.29, 0.717) is 23.2 Å². The highest BCUT2D eigenvalue weighted by Crippen LogP contribution is 2.43. The molecule has 5 heteroatoms. The summed E-state index contributed by atoms with van der Waals surface area (Å²) in [5.41, 5.74) is 1.08. The third kappa shape index (κ3) is 2.44. The van der Waals surface area contributed by atoms with E-state index >= 15 is 0 Å². The van der Waals surface area contributed by atoms with Gasteiger partial charge in [0.15, 0.2) is 11.3 Å². The van der Waals surface area contributed by atoms with Gasteiger partial charge in [-0.25, -0.2) is 9.97 Å². The predicted octanol–water partition coefficient (Wildman–Crippen LogP) is 2.79. The highest BCUT2D eigenvalue weighted by atomic mass is 16.2. The summed E-state index contributed by atoms with van der Waals surface area (Å²) in [6.45, 7) is 4.96. The average Bonchev–Trinajstić information content (AvgIpc) is 3.26. The predicted molar refractivity (Wildman–Crippen MR) is 88.0 cm³/mol. The zero-order valence-corrected chi connectivity index (χ0v) is 13.6. The van der Waals surface area contributed by atoms with Crippen LogP contribution in [0.4, 0.5) is 0 Å². The minimum absolute atomic E-state index is 0.0106. The number of imidazole rings is 1. The van der Waals surface area contributed by atoms with E-state index in [1.807, 2.05) is 21.7 Å². The average molecular weight is 310 g/mol. The number of carbonyl (C=O) groups excluding carboxylic acids is 1. The summed E-state index contributed by atoms with van der Waals surface area (Å²) in [6, 6.07) is 0.155. The van der Waals surface area contributed by atoms with Gasteiger partial charge in [-0.15, -0.1) is 0 Å². The maximum Gasteiger partial charge on any atom is 0.276 e. The highest BCUT2D eigenvalue weighted by molar-refractivity contribution is 5.97. The van der Waals surface area contributed by atoms with Crippen molar-refractivity contribution in [2.75, 3.05) is 6.54 Å². The van der Waals surface area contributed by atoms with Crippen LogP contribution in [-0.4, -0.2) is 37.8 Å². The van der Waals surface area contributed by atoms with Crippen molar-refractivity contribution in [3.63, 3.8) is 0 Å². The minimum atomic E-state index is -0.0106. The van der Waals surface area contributed by atoms with Crippen LogP contribution in [0.25, 0.3) is 5.65 Å². The first-order valence-electron chi connectivity index (χ1n) is 8.40. The fraction of sp³-hybridized carbons (Fsp3) is 0.500. The Kier molecular flexibility index (Phi) is 3.43. The lowest BCUT2D eigenvalue weighted by molar-refractivity contribution is 0.0656. The highest BCUT2D eigenvalue weighted by Gasteiger charge is 2.38. The fourth-order valence-electron chi connectivity index (χ4n) is 4.03. The van der Waals surface area contributed by atoms with E-state index in [0.717, 1.165) is 12.5 Å². The van der Waals surface area contributed by atoms with E-state index in [9.17, 15) is 4.79 Å². The maximum atomic E-state index is 13.1. The van der Waals surface area contributed by atoms with Crippen molar-refractivity contribution < 1.29 is 4.79 Å². The van der Waals surface area contributed by atoms with Crippen LogP contribution in [0.15, 0.2) is 36.9 Å². The van der Waals surface area contributed by atoms with Crippen LogP contribution in [0.1, 0.15) is 37.2 Å². The summed E-state index contributed by atoms with van der Waals surface area (Å²) in [4.78, 5) is 23.7. The Bertz CT molecular complexity index is 763. The molecule has 5 nitrogen and oxygen atoms in total. The lowest BCUT2D eigenvalue weighted by Gasteiger charge is -2.31. The van der Waals surface area contributed by atoms with Gasteiger partial charge in [0.1, 0.15) is 0 Å². The first-order valence-corrected chi connectivity index (χ1v) is 8.40. The summed E-state index contributed by atoms with van der Waals surface area (Å²) in [7, 11) is 0. The third-order valence-electron chi connectivity index (χ3n) is 5.25. The van der Waals surface area contributed by atoms with Crippen LogP contribution in [-0.2, 0) is 0 Å². The monoisotopic (exact) mass is 310 g/mol. The van der Waals surface area contributed by atoms with Crippen molar-refractivity contribution >= 4 is 11.6 Å². The topological polar surface area (TPSA) is 50.5 Å². The fourth-order valence-corrected chi connectivity index (χ4v) is 4.03. The molecular formula is C18H22N4O. The van der Waals surface area contributed by atoms with Crippen molar-refractivity contribution in [3.05, 3.63) is 42.6 Å². The molecule has 2 aliphatic rings. The lowest BCUT2D eigenvalue weighted by Crippen LogP contribution is -2.41. The van der Waals surface area contributed by atoms with E-state index in [1.54, 1.807) is 12.4 Å². The molecule has 0 aliphatic heterocycles. The number of carbonyl (C=O) groups is 1. The molecular weight excluding hydrogens is 288 g/mol. The molecule has 0 unspecified atom stereocenters. The Morgan fingerprint density at radius 3 is 2.70 bits per heavy atom. The van der Waals surface area contributed by atoms with Crippen molar-refractivity contribution in [1.82, 2.24) is 19.3 Å². The van der Waals surface area contributed by atoms with Gasteiger partial charge in [-0.1, -0.05) is 12.2 Å². The van der Waals surface area contributed by atoms with Gasteiger partial charge < -0.3 is 9.30 Å².